The quantitative estimate of drug-likeness (QED) is 0.0963. The molecular formula is C25H44O21. The highest BCUT2D eigenvalue weighted by Gasteiger charge is 2.55. The SMILES string of the molecule is CO[C@H]1OC(CO)[C@@H](O)C(O)C1O[C@H]1OC(CO)[C@@H](O)C(O)C1O[C@H]1OC(CO)[C@@H](O)C(O[C@H]2OC(CO)[C@@H](O)C(O)C2O)C1O. The van der Waals surface area contributed by atoms with Gasteiger partial charge in [0.2, 0.25) is 0 Å². The van der Waals surface area contributed by atoms with Gasteiger partial charge in [0.15, 0.2) is 25.2 Å². The van der Waals surface area contributed by atoms with Gasteiger partial charge in [-0.1, -0.05) is 0 Å². The summed E-state index contributed by atoms with van der Waals surface area (Å²) in [6.45, 7) is -3.25. The van der Waals surface area contributed by atoms with Crippen LogP contribution in [0, 0.1) is 0 Å². The van der Waals surface area contributed by atoms with Crippen LogP contribution in [0.2, 0.25) is 0 Å². The molecule has 0 saturated carbocycles. The second kappa shape index (κ2) is 16.2. The van der Waals surface area contributed by atoms with Gasteiger partial charge >= 0.3 is 0 Å². The fourth-order valence-corrected chi connectivity index (χ4v) is 5.67. The second-order valence-corrected chi connectivity index (χ2v) is 11.4. The normalized spacial score (nSPS) is 52.0. The van der Waals surface area contributed by atoms with Gasteiger partial charge < -0.3 is 104 Å². The molecule has 21 nitrogen and oxygen atoms in total. The van der Waals surface area contributed by atoms with E-state index in [2.05, 4.69) is 0 Å². The van der Waals surface area contributed by atoms with Gasteiger partial charge in [-0.05, 0) is 0 Å². The Morgan fingerprint density at radius 1 is 0.370 bits per heavy atom. The van der Waals surface area contributed by atoms with Crippen molar-refractivity contribution in [2.24, 2.45) is 0 Å². The lowest BCUT2D eigenvalue weighted by molar-refractivity contribution is -0.400. The number of aliphatic hydroxyl groups is 13. The summed E-state index contributed by atoms with van der Waals surface area (Å²) in [4.78, 5) is 0. The van der Waals surface area contributed by atoms with Crippen molar-refractivity contribution in [3.05, 3.63) is 0 Å². The van der Waals surface area contributed by atoms with Crippen LogP contribution in [0.1, 0.15) is 0 Å². The Balaban J connectivity index is 1.57. The van der Waals surface area contributed by atoms with E-state index in [-0.39, 0.29) is 0 Å². The molecule has 0 amide bonds. The molecule has 4 saturated heterocycles. The molecule has 13 N–H and O–H groups in total. The molecule has 21 heteroatoms. The molecule has 4 fully saturated rings. The van der Waals surface area contributed by atoms with Crippen molar-refractivity contribution < 1.29 is 104 Å². The smallest absolute Gasteiger partial charge is 0.187 e. The van der Waals surface area contributed by atoms with Gasteiger partial charge in [0, 0.05) is 7.11 Å². The zero-order valence-electron chi connectivity index (χ0n) is 24.5. The third-order valence-corrected chi connectivity index (χ3v) is 8.43. The molecule has 0 aromatic heterocycles. The topological polar surface area (TPSA) is 337 Å². The average Bonchev–Trinajstić information content (AvgIpc) is 3.05. The molecule has 12 unspecified atom stereocenters. The lowest BCUT2D eigenvalue weighted by Gasteiger charge is -2.49. The van der Waals surface area contributed by atoms with Crippen molar-refractivity contribution in [2.75, 3.05) is 33.5 Å². The maximum absolute atomic E-state index is 11.2. The predicted octanol–water partition coefficient (Wildman–Crippen LogP) is -9.09. The van der Waals surface area contributed by atoms with Crippen molar-refractivity contribution in [2.45, 2.75) is 123 Å². The fourth-order valence-electron chi connectivity index (χ4n) is 5.67. The first kappa shape index (κ1) is 38.0. The molecule has 20 atom stereocenters. The number of hydrogen-bond donors (Lipinski definition) is 13. The number of rotatable bonds is 11. The second-order valence-electron chi connectivity index (χ2n) is 11.4. The molecule has 0 bridgehead atoms. The van der Waals surface area contributed by atoms with E-state index in [9.17, 15) is 66.4 Å². The summed E-state index contributed by atoms with van der Waals surface area (Å²) in [5.41, 5.74) is 0. The number of methoxy groups -OCH3 is 1. The van der Waals surface area contributed by atoms with Crippen LogP contribution in [0.4, 0.5) is 0 Å². The van der Waals surface area contributed by atoms with Gasteiger partial charge in [-0.25, -0.2) is 0 Å². The molecule has 270 valence electrons. The molecule has 0 aromatic rings. The molecule has 4 heterocycles. The van der Waals surface area contributed by atoms with E-state index in [1.165, 1.54) is 0 Å². The van der Waals surface area contributed by atoms with Gasteiger partial charge in [0.25, 0.3) is 0 Å². The Kier molecular flexibility index (Phi) is 13.4. The summed E-state index contributed by atoms with van der Waals surface area (Å²) in [7, 11) is 1.16. The average molecular weight is 681 g/mol. The van der Waals surface area contributed by atoms with Crippen molar-refractivity contribution in [1.29, 1.82) is 0 Å². The van der Waals surface area contributed by atoms with E-state index in [1.807, 2.05) is 0 Å². The minimum atomic E-state index is -2.05. The number of aliphatic hydroxyl groups excluding tert-OH is 13. The minimum absolute atomic E-state index is 0.699. The van der Waals surface area contributed by atoms with Crippen LogP contribution in [0.25, 0.3) is 0 Å². The minimum Gasteiger partial charge on any atom is -0.394 e. The largest absolute Gasteiger partial charge is 0.394 e. The first-order valence-corrected chi connectivity index (χ1v) is 14.5. The van der Waals surface area contributed by atoms with Crippen molar-refractivity contribution >= 4 is 0 Å². The van der Waals surface area contributed by atoms with Crippen LogP contribution in [0.15, 0.2) is 0 Å². The Labute approximate surface area is 261 Å². The third kappa shape index (κ3) is 7.50. The predicted molar refractivity (Wildman–Crippen MR) is 139 cm³/mol. The van der Waals surface area contributed by atoms with Crippen LogP contribution < -0.4 is 0 Å². The maximum Gasteiger partial charge on any atom is 0.187 e. The zero-order chi connectivity index (χ0) is 34.0. The maximum atomic E-state index is 11.2. The van der Waals surface area contributed by atoms with Crippen molar-refractivity contribution in [3.8, 4) is 0 Å². The van der Waals surface area contributed by atoms with Gasteiger partial charge in [0.05, 0.1) is 26.4 Å². The monoisotopic (exact) mass is 680 g/mol. The molecule has 46 heavy (non-hydrogen) atoms. The summed E-state index contributed by atoms with van der Waals surface area (Å²) in [6.07, 6.45) is -34.8. The van der Waals surface area contributed by atoms with Crippen LogP contribution in [-0.4, -0.2) is 223 Å². The van der Waals surface area contributed by atoms with Crippen LogP contribution in [0.3, 0.4) is 0 Å². The van der Waals surface area contributed by atoms with E-state index in [0.29, 0.717) is 0 Å². The summed E-state index contributed by atoms with van der Waals surface area (Å²) in [5.74, 6) is 0. The number of ether oxygens (including phenoxy) is 8. The lowest BCUT2D eigenvalue weighted by atomic mass is 9.96. The summed E-state index contributed by atoms with van der Waals surface area (Å²) in [6, 6.07) is 0. The molecular weight excluding hydrogens is 636 g/mol. The van der Waals surface area contributed by atoms with E-state index in [1.54, 1.807) is 0 Å². The van der Waals surface area contributed by atoms with Crippen molar-refractivity contribution in [1.82, 2.24) is 0 Å². The van der Waals surface area contributed by atoms with Crippen LogP contribution >= 0.6 is 0 Å². The van der Waals surface area contributed by atoms with Gasteiger partial charge in [0.1, 0.15) is 97.7 Å². The first-order chi connectivity index (χ1) is 21.8. The standard InChI is InChI=1S/C25H44O21/c1-39-24-20(15(35)11(31)7(3-27)42-24)46-25-21(16(36)12(32)8(4-28)43-25)45-23-18(38)19(13(33)9(5-29)41-23)44-22-17(37)14(34)10(30)6(2-26)40-22/h6-38H,2-5H2,1H3/t6?,7?,8?,9?,10-,11-,12-,13-,14?,15?,16?,17?,18?,19?,20?,21?,22-,23-,24+,25-/m1/s1. The highest BCUT2D eigenvalue weighted by molar-refractivity contribution is 4.97. The van der Waals surface area contributed by atoms with E-state index in [4.69, 9.17) is 37.9 Å². The Hall–Kier alpha value is -0.840. The van der Waals surface area contributed by atoms with E-state index in [0.717, 1.165) is 7.11 Å². The highest BCUT2D eigenvalue weighted by atomic mass is 16.8. The first-order valence-electron chi connectivity index (χ1n) is 14.5. The highest BCUT2D eigenvalue weighted by Crippen LogP contribution is 2.34. The summed E-state index contributed by atoms with van der Waals surface area (Å²) >= 11 is 0. The molecule has 4 aliphatic rings. The molecule has 0 spiro atoms. The Morgan fingerprint density at radius 3 is 1.20 bits per heavy atom. The van der Waals surface area contributed by atoms with Gasteiger partial charge in [-0.2, -0.15) is 0 Å². The van der Waals surface area contributed by atoms with Gasteiger partial charge in [-0.15, -0.1) is 0 Å². The molecule has 4 rings (SSSR count). The Morgan fingerprint density at radius 2 is 0.717 bits per heavy atom. The molecule has 0 aromatic carbocycles. The summed E-state index contributed by atoms with van der Waals surface area (Å²) in [5, 5.41) is 134. The van der Waals surface area contributed by atoms with Crippen LogP contribution in [-0.2, 0) is 37.9 Å². The molecule has 0 aliphatic carbocycles. The Bertz CT molecular complexity index is 930. The van der Waals surface area contributed by atoms with E-state index >= 15 is 0 Å². The lowest BCUT2D eigenvalue weighted by Crippen LogP contribution is -2.68. The third-order valence-electron chi connectivity index (χ3n) is 8.43. The van der Waals surface area contributed by atoms with Crippen LogP contribution in [0.5, 0.6) is 0 Å². The van der Waals surface area contributed by atoms with Gasteiger partial charge in [-0.3, -0.25) is 0 Å². The summed E-state index contributed by atoms with van der Waals surface area (Å²) < 4.78 is 43.9. The van der Waals surface area contributed by atoms with E-state index < -0.39 is 149 Å². The zero-order valence-corrected chi connectivity index (χ0v) is 24.5. The molecule has 4 aliphatic heterocycles. The fraction of sp³-hybridized carbons (Fsp3) is 1.00. The molecule has 0 radical (unpaired) electrons. The van der Waals surface area contributed by atoms with Crippen molar-refractivity contribution in [3.63, 3.8) is 0 Å². The number of hydrogen-bond acceptors (Lipinski definition) is 21.